The lowest BCUT2D eigenvalue weighted by Crippen LogP contribution is -2.19. The van der Waals surface area contributed by atoms with E-state index in [1.807, 2.05) is 0 Å². The number of aliphatic imine (C=N–C) groups is 1. The van der Waals surface area contributed by atoms with Crippen molar-refractivity contribution in [1.29, 1.82) is 0 Å². The highest BCUT2D eigenvalue weighted by atomic mass is 16.7. The number of aliphatic carboxylic acids is 1. The van der Waals surface area contributed by atoms with Crippen LogP contribution in [0.3, 0.4) is 0 Å². The average molecular weight is 168 g/mol. The molecule has 12 heavy (non-hydrogen) atoms. The van der Waals surface area contributed by atoms with Crippen molar-refractivity contribution in [3.05, 3.63) is 24.5 Å². The van der Waals surface area contributed by atoms with E-state index in [1.165, 1.54) is 23.8 Å². The molecule has 0 unspecified atom stereocenters. The lowest BCUT2D eigenvalue weighted by atomic mass is 10.6. The van der Waals surface area contributed by atoms with Crippen LogP contribution in [0.4, 0.5) is 0 Å². The fourth-order valence-corrected chi connectivity index (χ4v) is 0.776. The second-order valence-electron chi connectivity index (χ2n) is 2.04. The van der Waals surface area contributed by atoms with Crippen molar-refractivity contribution < 1.29 is 19.5 Å². The van der Waals surface area contributed by atoms with Gasteiger partial charge in [0.2, 0.25) is 5.82 Å². The Hall–Kier alpha value is -1.98. The topological polar surface area (TPSA) is 71.4 Å². The maximum atomic E-state index is 10.4. The van der Waals surface area contributed by atoms with Crippen molar-refractivity contribution in [1.82, 2.24) is 5.06 Å². The van der Waals surface area contributed by atoms with Gasteiger partial charge < -0.3 is 14.7 Å². The zero-order valence-electron chi connectivity index (χ0n) is 5.80. The van der Waals surface area contributed by atoms with Gasteiger partial charge in [0.05, 0.1) is 6.20 Å². The standard InChI is InChI=1S/C6H4N2O4/c9-6(10)5-7-4-3-11-2-1-8(4)12-5/h1-3H,(H,9,10). The lowest BCUT2D eigenvalue weighted by Gasteiger charge is -2.13. The van der Waals surface area contributed by atoms with Crippen molar-refractivity contribution in [2.75, 3.05) is 0 Å². The SMILES string of the molecule is O=C(O)C1=NC2=COC=CN2O1. The first-order chi connectivity index (χ1) is 5.77. The van der Waals surface area contributed by atoms with E-state index in [1.54, 1.807) is 0 Å². The summed E-state index contributed by atoms with van der Waals surface area (Å²) in [5, 5.41) is 9.69. The minimum atomic E-state index is -1.21. The monoisotopic (exact) mass is 168 g/mol. The van der Waals surface area contributed by atoms with E-state index in [9.17, 15) is 4.79 Å². The molecule has 0 fully saturated rings. The molecule has 2 heterocycles. The van der Waals surface area contributed by atoms with Crippen LogP contribution in [0, 0.1) is 0 Å². The molecule has 0 aromatic rings. The number of rotatable bonds is 1. The van der Waals surface area contributed by atoms with Crippen molar-refractivity contribution in [3.8, 4) is 0 Å². The summed E-state index contributed by atoms with van der Waals surface area (Å²) in [6.45, 7) is 0. The molecule has 1 N–H and O–H groups in total. The Morgan fingerprint density at radius 2 is 2.50 bits per heavy atom. The second kappa shape index (κ2) is 2.26. The first-order valence-electron chi connectivity index (χ1n) is 3.09. The van der Waals surface area contributed by atoms with Crippen LogP contribution >= 0.6 is 0 Å². The molecule has 62 valence electrons. The molecule has 0 atom stereocenters. The summed E-state index contributed by atoms with van der Waals surface area (Å²) in [5.41, 5.74) is 0. The molecule has 0 aromatic heterocycles. The largest absolute Gasteiger partial charge is 0.474 e. The molecule has 6 nitrogen and oxygen atoms in total. The Bertz CT molecular complexity index is 318. The summed E-state index contributed by atoms with van der Waals surface area (Å²) in [6.07, 6.45) is 4.06. The Morgan fingerprint density at radius 1 is 1.67 bits per heavy atom. The zero-order chi connectivity index (χ0) is 8.55. The van der Waals surface area contributed by atoms with Crippen LogP contribution in [0.15, 0.2) is 29.5 Å². The number of fused-ring (bicyclic) bond motifs is 1. The molecule has 2 aliphatic heterocycles. The van der Waals surface area contributed by atoms with Crippen LogP contribution in [0.2, 0.25) is 0 Å². The smallest absolute Gasteiger partial charge is 0.394 e. The highest BCUT2D eigenvalue weighted by Crippen LogP contribution is 2.19. The van der Waals surface area contributed by atoms with Crippen molar-refractivity contribution in [2.45, 2.75) is 0 Å². The molecule has 0 aliphatic carbocycles. The van der Waals surface area contributed by atoms with Gasteiger partial charge in [-0.1, -0.05) is 0 Å². The second-order valence-corrected chi connectivity index (χ2v) is 2.04. The van der Waals surface area contributed by atoms with Gasteiger partial charge in [0, 0.05) is 0 Å². The summed E-state index contributed by atoms with van der Waals surface area (Å²) in [6, 6.07) is 0. The molecule has 0 saturated carbocycles. The van der Waals surface area contributed by atoms with Gasteiger partial charge in [-0.15, -0.1) is 0 Å². The third-order valence-electron chi connectivity index (χ3n) is 1.26. The van der Waals surface area contributed by atoms with Crippen LogP contribution < -0.4 is 0 Å². The number of carbonyl (C=O) groups is 1. The summed E-state index contributed by atoms with van der Waals surface area (Å²) >= 11 is 0. The Balaban J connectivity index is 2.26. The first-order valence-corrected chi connectivity index (χ1v) is 3.09. The number of hydrogen-bond acceptors (Lipinski definition) is 5. The van der Waals surface area contributed by atoms with E-state index in [2.05, 4.69) is 4.99 Å². The van der Waals surface area contributed by atoms with Gasteiger partial charge in [0.25, 0.3) is 0 Å². The summed E-state index contributed by atoms with van der Waals surface area (Å²) in [4.78, 5) is 18.8. The van der Waals surface area contributed by atoms with Gasteiger partial charge >= 0.3 is 11.9 Å². The molecule has 0 bridgehead atoms. The molecular formula is C6H4N2O4. The number of hydroxylamine groups is 2. The normalized spacial score (nSPS) is 18.8. The molecule has 6 heteroatoms. The van der Waals surface area contributed by atoms with E-state index in [4.69, 9.17) is 14.7 Å². The van der Waals surface area contributed by atoms with E-state index < -0.39 is 5.97 Å². The predicted molar refractivity (Wildman–Crippen MR) is 36.3 cm³/mol. The third kappa shape index (κ3) is 0.895. The van der Waals surface area contributed by atoms with Gasteiger partial charge in [-0.25, -0.2) is 4.79 Å². The fraction of sp³-hybridized carbons (Fsp3) is 0. The number of carboxylic acid groups (broad SMARTS) is 1. The maximum absolute atomic E-state index is 10.4. The molecule has 0 radical (unpaired) electrons. The van der Waals surface area contributed by atoms with Gasteiger partial charge in [-0.3, -0.25) is 0 Å². The number of nitrogens with zero attached hydrogens (tertiary/aromatic N) is 2. The van der Waals surface area contributed by atoms with Gasteiger partial charge in [0.1, 0.15) is 12.5 Å². The van der Waals surface area contributed by atoms with E-state index in [-0.39, 0.29) is 5.90 Å². The lowest BCUT2D eigenvalue weighted by molar-refractivity contribution is -0.132. The van der Waals surface area contributed by atoms with Crippen molar-refractivity contribution in [2.24, 2.45) is 4.99 Å². The van der Waals surface area contributed by atoms with Crippen LogP contribution in [0.25, 0.3) is 0 Å². The minimum absolute atomic E-state index is 0.315. The fourth-order valence-electron chi connectivity index (χ4n) is 0.776. The van der Waals surface area contributed by atoms with Gasteiger partial charge in [-0.2, -0.15) is 10.1 Å². The Morgan fingerprint density at radius 3 is 3.17 bits per heavy atom. The summed E-state index contributed by atoms with van der Waals surface area (Å²) in [5.74, 6) is -1.26. The number of carboxylic acids is 1. The molecule has 2 rings (SSSR count). The van der Waals surface area contributed by atoms with Crippen LogP contribution in [0.5, 0.6) is 0 Å². The summed E-state index contributed by atoms with van der Waals surface area (Å²) in [7, 11) is 0. The molecule has 0 aromatic carbocycles. The maximum Gasteiger partial charge on any atom is 0.394 e. The van der Waals surface area contributed by atoms with Crippen molar-refractivity contribution >= 4 is 11.9 Å². The molecular weight excluding hydrogens is 164 g/mol. The number of hydrogen-bond donors (Lipinski definition) is 1. The van der Waals surface area contributed by atoms with E-state index in [0.717, 1.165) is 0 Å². The molecule has 2 aliphatic rings. The summed E-state index contributed by atoms with van der Waals surface area (Å²) < 4.78 is 4.75. The quantitative estimate of drug-likeness (QED) is 0.597. The highest BCUT2D eigenvalue weighted by molar-refractivity contribution is 6.32. The molecule has 0 amide bonds. The van der Waals surface area contributed by atoms with Crippen LogP contribution in [-0.2, 0) is 14.4 Å². The number of ether oxygens (including phenoxy) is 1. The highest BCUT2D eigenvalue weighted by Gasteiger charge is 2.27. The minimum Gasteiger partial charge on any atom is -0.474 e. The van der Waals surface area contributed by atoms with Crippen LogP contribution in [0.1, 0.15) is 0 Å². The average Bonchev–Trinajstić information content (AvgIpc) is 2.46. The van der Waals surface area contributed by atoms with Gasteiger partial charge in [-0.05, 0) is 0 Å². The first kappa shape index (κ1) is 6.71. The Labute approximate surface area is 67.0 Å². The van der Waals surface area contributed by atoms with E-state index in [0.29, 0.717) is 5.82 Å². The molecule has 0 saturated heterocycles. The van der Waals surface area contributed by atoms with Gasteiger partial charge in [0.15, 0.2) is 0 Å². The Kier molecular flexibility index (Phi) is 1.26. The van der Waals surface area contributed by atoms with Crippen LogP contribution in [-0.4, -0.2) is 22.0 Å². The predicted octanol–water partition coefficient (Wildman–Crippen LogP) is 0.0170. The third-order valence-corrected chi connectivity index (χ3v) is 1.26. The van der Waals surface area contributed by atoms with Crippen molar-refractivity contribution in [3.63, 3.8) is 0 Å². The zero-order valence-corrected chi connectivity index (χ0v) is 5.80. The molecule has 0 spiro atoms. The van der Waals surface area contributed by atoms with E-state index >= 15 is 0 Å².